The number of rotatable bonds is 6. The van der Waals surface area contributed by atoms with E-state index in [0.717, 1.165) is 11.1 Å². The Morgan fingerprint density at radius 3 is 2.30 bits per heavy atom. The van der Waals surface area contributed by atoms with E-state index in [0.29, 0.717) is 17.9 Å². The van der Waals surface area contributed by atoms with Gasteiger partial charge in [0.25, 0.3) is 0 Å². The van der Waals surface area contributed by atoms with Crippen molar-refractivity contribution >= 4 is 6.08 Å². The van der Waals surface area contributed by atoms with Gasteiger partial charge in [0.15, 0.2) is 0 Å². The minimum Gasteiger partial charge on any atom is -0.489 e. The topological polar surface area (TPSA) is 18.5 Å². The van der Waals surface area contributed by atoms with Crippen molar-refractivity contribution in [3.05, 3.63) is 90.5 Å². The summed E-state index contributed by atoms with van der Waals surface area (Å²) >= 11 is 0. The Morgan fingerprint density at radius 1 is 0.852 bits per heavy atom. The quantitative estimate of drug-likeness (QED) is 0.495. The molecule has 0 heterocycles. The highest BCUT2D eigenvalue weighted by Gasteiger charge is 2.32. The van der Waals surface area contributed by atoms with Crippen LogP contribution in [0.25, 0.3) is 17.2 Å². The maximum atomic E-state index is 12.6. The Hall–Kier alpha value is -3.21. The number of benzene rings is 3. The molecule has 0 bridgehead atoms. The van der Waals surface area contributed by atoms with E-state index in [1.54, 1.807) is 36.4 Å². The van der Waals surface area contributed by atoms with Crippen LogP contribution in [-0.4, -0.2) is 6.36 Å². The Balaban J connectivity index is 1.83. The molecule has 138 valence electrons. The third-order valence-corrected chi connectivity index (χ3v) is 3.87. The smallest absolute Gasteiger partial charge is 0.489 e. The van der Waals surface area contributed by atoms with Gasteiger partial charge in [0.2, 0.25) is 0 Å². The lowest BCUT2D eigenvalue weighted by atomic mass is 10.0. The number of hydrogen-bond donors (Lipinski definition) is 0. The van der Waals surface area contributed by atoms with E-state index in [1.807, 2.05) is 30.3 Å². The molecule has 0 N–H and O–H groups in total. The zero-order valence-electron chi connectivity index (χ0n) is 14.4. The van der Waals surface area contributed by atoms with Gasteiger partial charge in [-0.1, -0.05) is 67.3 Å². The lowest BCUT2D eigenvalue weighted by molar-refractivity contribution is -0.274. The standard InChI is InChI=1S/C22H17F3O2/c1-2-17-11-12-19(14-21(17)27-22(23,24)25)18-9-6-10-20(13-18)26-15-16-7-4-3-5-8-16/h2-14H,1,15H2. The second-order valence-corrected chi connectivity index (χ2v) is 5.81. The summed E-state index contributed by atoms with van der Waals surface area (Å²) in [5, 5.41) is 0. The van der Waals surface area contributed by atoms with E-state index >= 15 is 0 Å². The minimum atomic E-state index is -4.77. The first-order valence-corrected chi connectivity index (χ1v) is 8.24. The molecule has 0 aliphatic heterocycles. The van der Waals surface area contributed by atoms with Crippen LogP contribution in [0, 0.1) is 0 Å². The van der Waals surface area contributed by atoms with Gasteiger partial charge in [0.05, 0.1) is 0 Å². The summed E-state index contributed by atoms with van der Waals surface area (Å²) < 4.78 is 47.8. The fraction of sp³-hybridized carbons (Fsp3) is 0.0909. The second kappa shape index (κ2) is 7.99. The van der Waals surface area contributed by atoms with Gasteiger partial charge in [0, 0.05) is 5.56 Å². The summed E-state index contributed by atoms with van der Waals surface area (Å²) in [5.74, 6) is 0.341. The van der Waals surface area contributed by atoms with Crippen molar-refractivity contribution in [3.8, 4) is 22.6 Å². The molecule has 3 rings (SSSR count). The highest BCUT2D eigenvalue weighted by Crippen LogP contribution is 2.33. The summed E-state index contributed by atoms with van der Waals surface area (Å²) in [4.78, 5) is 0. The molecule has 0 fully saturated rings. The molecule has 0 radical (unpaired) electrons. The van der Waals surface area contributed by atoms with Crippen LogP contribution in [-0.2, 0) is 6.61 Å². The van der Waals surface area contributed by atoms with E-state index in [4.69, 9.17) is 4.74 Å². The summed E-state index contributed by atoms with van der Waals surface area (Å²) in [6, 6.07) is 21.5. The normalized spacial score (nSPS) is 11.1. The van der Waals surface area contributed by atoms with Gasteiger partial charge in [0.1, 0.15) is 18.1 Å². The number of ether oxygens (including phenoxy) is 2. The van der Waals surface area contributed by atoms with E-state index in [2.05, 4.69) is 11.3 Å². The SMILES string of the molecule is C=Cc1ccc(-c2cccc(OCc3ccccc3)c2)cc1OC(F)(F)F. The van der Waals surface area contributed by atoms with Gasteiger partial charge in [-0.15, -0.1) is 13.2 Å². The molecule has 0 aliphatic carbocycles. The number of halogens is 3. The maximum absolute atomic E-state index is 12.6. The highest BCUT2D eigenvalue weighted by atomic mass is 19.4. The van der Waals surface area contributed by atoms with Crippen LogP contribution >= 0.6 is 0 Å². The maximum Gasteiger partial charge on any atom is 0.573 e. The summed E-state index contributed by atoms with van der Waals surface area (Å²) in [7, 11) is 0. The molecule has 0 saturated carbocycles. The van der Waals surface area contributed by atoms with Crippen LogP contribution in [0.4, 0.5) is 13.2 Å². The van der Waals surface area contributed by atoms with Gasteiger partial charge in [-0.3, -0.25) is 0 Å². The van der Waals surface area contributed by atoms with Gasteiger partial charge < -0.3 is 9.47 Å². The predicted octanol–water partition coefficient (Wildman–Crippen LogP) is 6.47. The van der Waals surface area contributed by atoms with Crippen molar-refractivity contribution < 1.29 is 22.6 Å². The monoisotopic (exact) mass is 370 g/mol. The van der Waals surface area contributed by atoms with E-state index in [9.17, 15) is 13.2 Å². The minimum absolute atomic E-state index is 0.271. The largest absolute Gasteiger partial charge is 0.573 e. The van der Waals surface area contributed by atoms with Crippen LogP contribution in [0.2, 0.25) is 0 Å². The molecule has 3 aromatic rings. The fourth-order valence-corrected chi connectivity index (χ4v) is 2.60. The van der Waals surface area contributed by atoms with Gasteiger partial charge in [-0.25, -0.2) is 0 Å². The van der Waals surface area contributed by atoms with Crippen LogP contribution in [0.3, 0.4) is 0 Å². The first-order valence-electron chi connectivity index (χ1n) is 8.24. The summed E-state index contributed by atoms with van der Waals surface area (Å²) in [6.07, 6.45) is -3.44. The molecule has 0 amide bonds. The zero-order valence-corrected chi connectivity index (χ0v) is 14.4. The Kier molecular flexibility index (Phi) is 5.50. The second-order valence-electron chi connectivity index (χ2n) is 5.81. The molecule has 27 heavy (non-hydrogen) atoms. The van der Waals surface area contributed by atoms with Crippen molar-refractivity contribution in [2.45, 2.75) is 13.0 Å². The van der Waals surface area contributed by atoms with Crippen LogP contribution in [0.1, 0.15) is 11.1 Å². The third kappa shape index (κ3) is 5.14. The summed E-state index contributed by atoms with van der Waals surface area (Å²) in [5.41, 5.74) is 2.61. The average molecular weight is 370 g/mol. The Bertz CT molecular complexity index is 918. The molecule has 0 aromatic heterocycles. The van der Waals surface area contributed by atoms with E-state index in [-0.39, 0.29) is 11.3 Å². The zero-order chi connectivity index (χ0) is 19.3. The van der Waals surface area contributed by atoms with Crippen molar-refractivity contribution in [2.75, 3.05) is 0 Å². The molecule has 0 aliphatic rings. The first kappa shape index (κ1) is 18.6. The molecular weight excluding hydrogens is 353 g/mol. The molecule has 0 unspecified atom stereocenters. The molecule has 2 nitrogen and oxygen atoms in total. The van der Waals surface area contributed by atoms with Crippen molar-refractivity contribution in [1.82, 2.24) is 0 Å². The molecule has 3 aromatic carbocycles. The first-order chi connectivity index (χ1) is 12.9. The van der Waals surface area contributed by atoms with Gasteiger partial charge >= 0.3 is 6.36 Å². The van der Waals surface area contributed by atoms with Crippen LogP contribution < -0.4 is 9.47 Å². The number of alkyl halides is 3. The third-order valence-electron chi connectivity index (χ3n) is 3.87. The van der Waals surface area contributed by atoms with Crippen molar-refractivity contribution in [1.29, 1.82) is 0 Å². The van der Waals surface area contributed by atoms with E-state index < -0.39 is 6.36 Å². The van der Waals surface area contributed by atoms with Gasteiger partial charge in [-0.2, -0.15) is 0 Å². The van der Waals surface area contributed by atoms with Crippen LogP contribution in [0.15, 0.2) is 79.4 Å². The summed E-state index contributed by atoms with van der Waals surface area (Å²) in [6.45, 7) is 3.93. The average Bonchev–Trinajstić information content (AvgIpc) is 2.66. The molecule has 0 spiro atoms. The lowest BCUT2D eigenvalue weighted by Crippen LogP contribution is -2.17. The Morgan fingerprint density at radius 2 is 1.59 bits per heavy atom. The fourth-order valence-electron chi connectivity index (χ4n) is 2.60. The predicted molar refractivity (Wildman–Crippen MR) is 99.4 cm³/mol. The molecular formula is C22H17F3O2. The molecule has 5 heteroatoms. The van der Waals surface area contributed by atoms with Crippen LogP contribution in [0.5, 0.6) is 11.5 Å². The number of hydrogen-bond acceptors (Lipinski definition) is 2. The Labute approximate surface area is 155 Å². The molecule has 0 atom stereocenters. The highest BCUT2D eigenvalue weighted by molar-refractivity contribution is 5.70. The van der Waals surface area contributed by atoms with E-state index in [1.165, 1.54) is 12.1 Å². The van der Waals surface area contributed by atoms with Crippen molar-refractivity contribution in [2.24, 2.45) is 0 Å². The van der Waals surface area contributed by atoms with Crippen molar-refractivity contribution in [3.63, 3.8) is 0 Å². The van der Waals surface area contributed by atoms with Gasteiger partial charge in [-0.05, 0) is 34.9 Å². The molecule has 0 saturated heterocycles. The lowest BCUT2D eigenvalue weighted by Gasteiger charge is -2.14.